The van der Waals surface area contributed by atoms with E-state index in [0.29, 0.717) is 11.8 Å². The van der Waals surface area contributed by atoms with Crippen LogP contribution < -0.4 is 0 Å². The van der Waals surface area contributed by atoms with Crippen LogP contribution in [0.4, 0.5) is 0 Å². The van der Waals surface area contributed by atoms with Gasteiger partial charge in [-0.15, -0.1) is 0 Å². The van der Waals surface area contributed by atoms with Gasteiger partial charge in [0.1, 0.15) is 0 Å². The van der Waals surface area contributed by atoms with E-state index >= 15 is 0 Å². The smallest absolute Gasteiger partial charge is 0.0410 e. The molecule has 0 radical (unpaired) electrons. The summed E-state index contributed by atoms with van der Waals surface area (Å²) in [5, 5.41) is 0. The van der Waals surface area contributed by atoms with Gasteiger partial charge in [-0.1, -0.05) is 27.7 Å². The molecule has 0 amide bonds. The molecule has 0 saturated heterocycles. The summed E-state index contributed by atoms with van der Waals surface area (Å²) in [4.78, 5) is 4.38. The van der Waals surface area contributed by atoms with Crippen LogP contribution in [0.25, 0.3) is 0 Å². The largest absolute Gasteiger partial charge is 0.261 e. The van der Waals surface area contributed by atoms with Gasteiger partial charge in [-0.05, 0) is 42.4 Å². The van der Waals surface area contributed by atoms with Crippen molar-refractivity contribution < 1.29 is 0 Å². The van der Waals surface area contributed by atoms with E-state index in [1.807, 2.05) is 6.20 Å². The quantitative estimate of drug-likeness (QED) is 0.703. The highest BCUT2D eigenvalue weighted by atomic mass is 14.7. The van der Waals surface area contributed by atoms with Gasteiger partial charge in [-0.2, -0.15) is 0 Å². The van der Waals surface area contributed by atoms with Gasteiger partial charge in [0, 0.05) is 11.9 Å². The molecule has 0 aliphatic rings. The SMILES string of the molecule is CCC(C)c1ccnc(C)c1C(C)C. The monoisotopic (exact) mass is 191 g/mol. The third-order valence-corrected chi connectivity index (χ3v) is 2.94. The second-order valence-corrected chi connectivity index (χ2v) is 4.36. The molecule has 0 aliphatic heterocycles. The highest BCUT2D eigenvalue weighted by molar-refractivity contribution is 5.34. The summed E-state index contributed by atoms with van der Waals surface area (Å²) >= 11 is 0. The summed E-state index contributed by atoms with van der Waals surface area (Å²) in [6, 6.07) is 2.18. The highest BCUT2D eigenvalue weighted by Gasteiger charge is 2.13. The van der Waals surface area contributed by atoms with Crippen molar-refractivity contribution in [2.45, 2.75) is 52.9 Å². The molecule has 1 unspecified atom stereocenters. The molecule has 0 aromatic carbocycles. The lowest BCUT2D eigenvalue weighted by molar-refractivity contribution is 0.700. The molecule has 78 valence electrons. The van der Waals surface area contributed by atoms with E-state index in [-0.39, 0.29) is 0 Å². The van der Waals surface area contributed by atoms with Gasteiger partial charge >= 0.3 is 0 Å². The zero-order chi connectivity index (χ0) is 10.7. The zero-order valence-corrected chi connectivity index (χ0v) is 9.96. The van der Waals surface area contributed by atoms with Crippen LogP contribution in [0.2, 0.25) is 0 Å². The summed E-state index contributed by atoms with van der Waals surface area (Å²) in [6.45, 7) is 11.1. The fraction of sp³-hybridized carbons (Fsp3) is 0.615. The van der Waals surface area contributed by atoms with E-state index in [1.54, 1.807) is 0 Å². The summed E-state index contributed by atoms with van der Waals surface area (Å²) in [5.41, 5.74) is 4.12. The molecular formula is C13H21N. The first-order valence-corrected chi connectivity index (χ1v) is 5.53. The molecule has 1 rings (SSSR count). The van der Waals surface area contributed by atoms with Crippen molar-refractivity contribution in [3.8, 4) is 0 Å². The van der Waals surface area contributed by atoms with Gasteiger partial charge in [-0.25, -0.2) is 0 Å². The molecule has 1 atom stereocenters. The lowest BCUT2D eigenvalue weighted by atomic mass is 9.88. The van der Waals surface area contributed by atoms with Crippen LogP contribution in [0.3, 0.4) is 0 Å². The van der Waals surface area contributed by atoms with Gasteiger partial charge in [-0.3, -0.25) is 4.98 Å². The number of hydrogen-bond acceptors (Lipinski definition) is 1. The molecule has 1 aromatic rings. The molecule has 0 bridgehead atoms. The molecular weight excluding hydrogens is 170 g/mol. The predicted molar refractivity (Wildman–Crippen MR) is 61.8 cm³/mol. The van der Waals surface area contributed by atoms with Crippen LogP contribution in [-0.4, -0.2) is 4.98 Å². The van der Waals surface area contributed by atoms with Gasteiger partial charge in [0.05, 0.1) is 0 Å². The molecule has 0 N–H and O–H groups in total. The summed E-state index contributed by atoms with van der Waals surface area (Å²) < 4.78 is 0. The minimum absolute atomic E-state index is 0.577. The number of rotatable bonds is 3. The van der Waals surface area contributed by atoms with E-state index in [0.717, 1.165) is 0 Å². The minimum atomic E-state index is 0.577. The Kier molecular flexibility index (Phi) is 3.68. The Morgan fingerprint density at radius 3 is 2.43 bits per heavy atom. The van der Waals surface area contributed by atoms with Crippen LogP contribution in [0.1, 0.15) is 62.8 Å². The first-order valence-electron chi connectivity index (χ1n) is 5.53. The van der Waals surface area contributed by atoms with Crippen molar-refractivity contribution in [2.75, 3.05) is 0 Å². The van der Waals surface area contributed by atoms with Crippen molar-refractivity contribution in [3.05, 3.63) is 29.1 Å². The van der Waals surface area contributed by atoms with E-state index in [9.17, 15) is 0 Å². The third kappa shape index (κ3) is 2.14. The number of nitrogens with zero attached hydrogens (tertiary/aromatic N) is 1. The zero-order valence-electron chi connectivity index (χ0n) is 9.96. The Balaban J connectivity index is 3.21. The number of pyridine rings is 1. The Hall–Kier alpha value is -0.850. The Morgan fingerprint density at radius 2 is 1.93 bits per heavy atom. The van der Waals surface area contributed by atoms with Crippen molar-refractivity contribution >= 4 is 0 Å². The van der Waals surface area contributed by atoms with Gasteiger partial charge in [0.15, 0.2) is 0 Å². The van der Waals surface area contributed by atoms with Crippen molar-refractivity contribution in [3.63, 3.8) is 0 Å². The lowest BCUT2D eigenvalue weighted by Crippen LogP contribution is -2.04. The molecule has 0 fully saturated rings. The highest BCUT2D eigenvalue weighted by Crippen LogP contribution is 2.29. The maximum atomic E-state index is 4.38. The second kappa shape index (κ2) is 4.59. The molecule has 1 aromatic heterocycles. The summed E-state index contributed by atoms with van der Waals surface area (Å²) in [7, 11) is 0. The van der Waals surface area contributed by atoms with E-state index in [2.05, 4.69) is 45.7 Å². The second-order valence-electron chi connectivity index (χ2n) is 4.36. The Morgan fingerprint density at radius 1 is 1.29 bits per heavy atom. The average molecular weight is 191 g/mol. The summed E-state index contributed by atoms with van der Waals surface area (Å²) in [6.07, 6.45) is 3.13. The number of aromatic nitrogens is 1. The first-order chi connectivity index (χ1) is 6.57. The molecule has 0 aliphatic carbocycles. The number of aryl methyl sites for hydroxylation is 1. The number of hydrogen-bond donors (Lipinski definition) is 0. The predicted octanol–water partition coefficient (Wildman–Crippen LogP) is 4.03. The van der Waals surface area contributed by atoms with Gasteiger partial charge < -0.3 is 0 Å². The fourth-order valence-electron chi connectivity index (χ4n) is 2.00. The first kappa shape index (κ1) is 11.2. The normalized spacial score (nSPS) is 13.3. The topological polar surface area (TPSA) is 12.9 Å². The molecule has 0 spiro atoms. The van der Waals surface area contributed by atoms with E-state index in [4.69, 9.17) is 0 Å². The summed E-state index contributed by atoms with van der Waals surface area (Å²) in [5.74, 6) is 1.22. The van der Waals surface area contributed by atoms with Crippen LogP contribution >= 0.6 is 0 Å². The van der Waals surface area contributed by atoms with Crippen molar-refractivity contribution in [2.24, 2.45) is 0 Å². The molecule has 1 nitrogen and oxygen atoms in total. The van der Waals surface area contributed by atoms with E-state index in [1.165, 1.54) is 23.2 Å². The minimum Gasteiger partial charge on any atom is -0.261 e. The lowest BCUT2D eigenvalue weighted by Gasteiger charge is -2.19. The average Bonchev–Trinajstić information content (AvgIpc) is 2.15. The van der Waals surface area contributed by atoms with Crippen molar-refractivity contribution in [1.82, 2.24) is 4.98 Å². The Labute approximate surface area is 87.6 Å². The van der Waals surface area contributed by atoms with Gasteiger partial charge in [0.25, 0.3) is 0 Å². The standard InChI is InChI=1S/C13H21N/c1-6-10(4)12-7-8-14-11(5)13(12)9(2)3/h7-10H,6H2,1-5H3. The van der Waals surface area contributed by atoms with Crippen LogP contribution in [0, 0.1) is 6.92 Å². The van der Waals surface area contributed by atoms with Crippen molar-refractivity contribution in [1.29, 1.82) is 0 Å². The fourth-order valence-corrected chi connectivity index (χ4v) is 2.00. The van der Waals surface area contributed by atoms with Gasteiger partial charge in [0.2, 0.25) is 0 Å². The molecule has 0 saturated carbocycles. The van der Waals surface area contributed by atoms with Crippen LogP contribution in [-0.2, 0) is 0 Å². The molecule has 14 heavy (non-hydrogen) atoms. The molecule has 1 heteroatoms. The maximum absolute atomic E-state index is 4.38. The maximum Gasteiger partial charge on any atom is 0.0410 e. The van der Waals surface area contributed by atoms with Crippen LogP contribution in [0.5, 0.6) is 0 Å². The van der Waals surface area contributed by atoms with E-state index < -0.39 is 0 Å². The molecule has 1 heterocycles. The third-order valence-electron chi connectivity index (χ3n) is 2.94. The van der Waals surface area contributed by atoms with Crippen LogP contribution in [0.15, 0.2) is 12.3 Å². The Bertz CT molecular complexity index is 302.